The molecule has 0 aliphatic heterocycles. The third kappa shape index (κ3) is 4.45. The molecule has 7 heteroatoms. The van der Waals surface area contributed by atoms with E-state index in [1.165, 1.54) is 6.92 Å². The number of aromatic nitrogens is 2. The van der Waals surface area contributed by atoms with E-state index in [1.54, 1.807) is 35.9 Å². The Balaban J connectivity index is 2.03. The zero-order valence-corrected chi connectivity index (χ0v) is 14.9. The molecule has 1 unspecified atom stereocenters. The first kappa shape index (κ1) is 18.7. The molecule has 0 saturated carbocycles. The van der Waals surface area contributed by atoms with Gasteiger partial charge in [0.05, 0.1) is 24.5 Å². The molecule has 1 amide bonds. The molecule has 1 aromatic carbocycles. The Kier molecular flexibility index (Phi) is 5.58. The summed E-state index contributed by atoms with van der Waals surface area (Å²) in [5, 5.41) is 17.0. The predicted octanol–water partition coefficient (Wildman–Crippen LogP) is 1.53. The molecule has 2 rings (SSSR count). The van der Waals surface area contributed by atoms with Crippen LogP contribution in [0.5, 0.6) is 0 Å². The topological polar surface area (TPSA) is 93.5 Å². The second-order valence-electron chi connectivity index (χ2n) is 6.06. The Morgan fingerprint density at radius 3 is 2.44 bits per heavy atom. The fraction of sp³-hybridized carbons (Fsp3) is 0.389. The average Bonchev–Trinajstić information content (AvgIpc) is 2.91. The Hall–Kier alpha value is -2.67. The van der Waals surface area contributed by atoms with Gasteiger partial charge in [0.2, 0.25) is 0 Å². The standard InChI is InChI=1S/C18H23N3O4/c1-5-25-17(23)18(4,24)11-19-16(22)14-6-8-15(9-7-14)21-13(3)10-12(2)20-21/h6-10,24H,5,11H2,1-4H3,(H,19,22). The lowest BCUT2D eigenvalue weighted by molar-refractivity contribution is -0.162. The van der Waals surface area contributed by atoms with E-state index < -0.39 is 11.6 Å². The third-order valence-corrected chi connectivity index (χ3v) is 3.69. The highest BCUT2D eigenvalue weighted by Crippen LogP contribution is 2.13. The summed E-state index contributed by atoms with van der Waals surface area (Å²) in [6.45, 7) is 6.76. The van der Waals surface area contributed by atoms with Crippen LogP contribution >= 0.6 is 0 Å². The Bertz CT molecular complexity index is 763. The quantitative estimate of drug-likeness (QED) is 0.775. The molecule has 134 valence electrons. The first-order chi connectivity index (χ1) is 11.7. The van der Waals surface area contributed by atoms with Crippen LogP contribution in [-0.4, -0.2) is 45.5 Å². The number of esters is 1. The summed E-state index contributed by atoms with van der Waals surface area (Å²) in [7, 11) is 0. The minimum absolute atomic E-state index is 0.163. The molecule has 0 radical (unpaired) electrons. The number of rotatable bonds is 6. The smallest absolute Gasteiger partial charge is 0.339 e. The molecule has 1 aromatic heterocycles. The van der Waals surface area contributed by atoms with E-state index >= 15 is 0 Å². The lowest BCUT2D eigenvalue weighted by atomic mass is 10.1. The molecular weight excluding hydrogens is 322 g/mol. The van der Waals surface area contributed by atoms with Crippen LogP contribution in [0.25, 0.3) is 5.69 Å². The van der Waals surface area contributed by atoms with Gasteiger partial charge in [-0.15, -0.1) is 0 Å². The van der Waals surface area contributed by atoms with Crippen LogP contribution < -0.4 is 5.32 Å². The second kappa shape index (κ2) is 7.48. The first-order valence-corrected chi connectivity index (χ1v) is 8.06. The van der Waals surface area contributed by atoms with Crippen LogP contribution in [0.3, 0.4) is 0 Å². The molecular formula is C18H23N3O4. The number of hydrogen-bond acceptors (Lipinski definition) is 5. The van der Waals surface area contributed by atoms with Gasteiger partial charge in [-0.3, -0.25) is 4.79 Å². The van der Waals surface area contributed by atoms with Crippen LogP contribution in [0.1, 0.15) is 35.6 Å². The van der Waals surface area contributed by atoms with Gasteiger partial charge in [-0.1, -0.05) is 0 Å². The SMILES string of the molecule is CCOC(=O)C(C)(O)CNC(=O)c1ccc(-n2nc(C)cc2C)cc1. The predicted molar refractivity (Wildman–Crippen MR) is 92.6 cm³/mol. The molecule has 7 nitrogen and oxygen atoms in total. The normalized spacial score (nSPS) is 13.2. The molecule has 0 aliphatic carbocycles. The maximum atomic E-state index is 12.2. The lowest BCUT2D eigenvalue weighted by Crippen LogP contribution is -2.47. The molecule has 1 heterocycles. The van der Waals surface area contributed by atoms with E-state index in [-0.39, 0.29) is 19.1 Å². The van der Waals surface area contributed by atoms with E-state index in [9.17, 15) is 14.7 Å². The van der Waals surface area contributed by atoms with Gasteiger partial charge < -0.3 is 15.2 Å². The van der Waals surface area contributed by atoms with Gasteiger partial charge in [0.25, 0.3) is 5.91 Å². The van der Waals surface area contributed by atoms with Crippen LogP contribution in [0, 0.1) is 13.8 Å². The summed E-state index contributed by atoms with van der Waals surface area (Å²) in [5.74, 6) is -1.15. The van der Waals surface area contributed by atoms with Crippen molar-refractivity contribution in [2.24, 2.45) is 0 Å². The van der Waals surface area contributed by atoms with E-state index in [1.807, 2.05) is 19.9 Å². The molecule has 0 bridgehead atoms. The summed E-state index contributed by atoms with van der Waals surface area (Å²) in [6, 6.07) is 8.88. The number of aliphatic hydroxyl groups is 1. The van der Waals surface area contributed by atoms with Crippen LogP contribution in [0.4, 0.5) is 0 Å². The van der Waals surface area contributed by atoms with Crippen molar-refractivity contribution in [1.29, 1.82) is 0 Å². The number of benzene rings is 1. The Morgan fingerprint density at radius 2 is 1.92 bits per heavy atom. The first-order valence-electron chi connectivity index (χ1n) is 8.06. The zero-order chi connectivity index (χ0) is 18.6. The second-order valence-corrected chi connectivity index (χ2v) is 6.06. The summed E-state index contributed by atoms with van der Waals surface area (Å²) < 4.78 is 6.57. The van der Waals surface area contributed by atoms with Gasteiger partial charge in [0.1, 0.15) is 0 Å². The van der Waals surface area contributed by atoms with Crippen molar-refractivity contribution in [3.05, 3.63) is 47.3 Å². The number of amides is 1. The monoisotopic (exact) mass is 345 g/mol. The van der Waals surface area contributed by atoms with Gasteiger partial charge in [-0.05, 0) is 58.0 Å². The minimum atomic E-state index is -1.77. The minimum Gasteiger partial charge on any atom is -0.464 e. The largest absolute Gasteiger partial charge is 0.464 e. The van der Waals surface area contributed by atoms with Crippen molar-refractivity contribution >= 4 is 11.9 Å². The number of ether oxygens (including phenoxy) is 1. The van der Waals surface area contributed by atoms with Gasteiger partial charge in [-0.2, -0.15) is 5.10 Å². The Labute approximate surface area is 146 Å². The van der Waals surface area contributed by atoms with Crippen LogP contribution in [-0.2, 0) is 9.53 Å². The molecule has 0 spiro atoms. The highest BCUT2D eigenvalue weighted by atomic mass is 16.5. The van der Waals surface area contributed by atoms with Crippen LogP contribution in [0.2, 0.25) is 0 Å². The number of carbonyl (C=O) groups is 2. The fourth-order valence-corrected chi connectivity index (χ4v) is 2.36. The number of nitrogens with zero attached hydrogens (tertiary/aromatic N) is 2. The van der Waals surface area contributed by atoms with Crippen molar-refractivity contribution in [2.75, 3.05) is 13.2 Å². The molecule has 25 heavy (non-hydrogen) atoms. The highest BCUT2D eigenvalue weighted by Gasteiger charge is 2.32. The molecule has 0 fully saturated rings. The van der Waals surface area contributed by atoms with Gasteiger partial charge >= 0.3 is 5.97 Å². The molecule has 2 N–H and O–H groups in total. The number of nitrogens with one attached hydrogen (secondary N) is 1. The number of carbonyl (C=O) groups excluding carboxylic acids is 2. The molecule has 1 atom stereocenters. The van der Waals surface area contributed by atoms with E-state index in [0.29, 0.717) is 5.56 Å². The molecule has 0 saturated heterocycles. The van der Waals surface area contributed by atoms with Crippen molar-refractivity contribution in [3.8, 4) is 5.69 Å². The van der Waals surface area contributed by atoms with Crippen molar-refractivity contribution in [1.82, 2.24) is 15.1 Å². The Morgan fingerprint density at radius 1 is 1.28 bits per heavy atom. The number of aryl methyl sites for hydroxylation is 2. The summed E-state index contributed by atoms with van der Waals surface area (Å²) in [4.78, 5) is 23.8. The number of hydrogen-bond donors (Lipinski definition) is 2. The van der Waals surface area contributed by atoms with Gasteiger partial charge in [-0.25, -0.2) is 9.48 Å². The summed E-state index contributed by atoms with van der Waals surface area (Å²) in [6.07, 6.45) is 0. The summed E-state index contributed by atoms with van der Waals surface area (Å²) >= 11 is 0. The zero-order valence-electron chi connectivity index (χ0n) is 14.9. The van der Waals surface area contributed by atoms with Crippen molar-refractivity contribution < 1.29 is 19.4 Å². The van der Waals surface area contributed by atoms with E-state index in [0.717, 1.165) is 17.1 Å². The third-order valence-electron chi connectivity index (χ3n) is 3.69. The van der Waals surface area contributed by atoms with Crippen molar-refractivity contribution in [3.63, 3.8) is 0 Å². The highest BCUT2D eigenvalue weighted by molar-refractivity contribution is 5.94. The van der Waals surface area contributed by atoms with E-state index in [2.05, 4.69) is 10.4 Å². The molecule has 2 aromatic rings. The van der Waals surface area contributed by atoms with Gasteiger partial charge in [0.15, 0.2) is 5.60 Å². The van der Waals surface area contributed by atoms with Crippen molar-refractivity contribution in [2.45, 2.75) is 33.3 Å². The maximum absolute atomic E-state index is 12.2. The lowest BCUT2D eigenvalue weighted by Gasteiger charge is -2.21. The maximum Gasteiger partial charge on any atom is 0.339 e. The van der Waals surface area contributed by atoms with E-state index in [4.69, 9.17) is 4.74 Å². The van der Waals surface area contributed by atoms with Gasteiger partial charge in [0, 0.05) is 11.3 Å². The average molecular weight is 345 g/mol. The van der Waals surface area contributed by atoms with Crippen LogP contribution in [0.15, 0.2) is 30.3 Å². The fourth-order valence-electron chi connectivity index (χ4n) is 2.36. The summed E-state index contributed by atoms with van der Waals surface area (Å²) in [5.41, 5.74) is 1.42. The molecule has 0 aliphatic rings.